The molecule has 4 heteroatoms. The third kappa shape index (κ3) is 2.43. The zero-order valence-electron chi connectivity index (χ0n) is 10.9. The Morgan fingerprint density at radius 3 is 2.44 bits per heavy atom. The monoisotopic (exact) mass is 226 g/mol. The van der Waals surface area contributed by atoms with Gasteiger partial charge in [0.15, 0.2) is 0 Å². The van der Waals surface area contributed by atoms with E-state index in [0.29, 0.717) is 13.1 Å². The second kappa shape index (κ2) is 4.53. The Kier molecular flexibility index (Phi) is 3.73. The lowest BCUT2D eigenvalue weighted by Gasteiger charge is -2.44. The van der Waals surface area contributed by atoms with Gasteiger partial charge in [-0.25, -0.2) is 0 Å². The third-order valence-corrected chi connectivity index (χ3v) is 3.36. The van der Waals surface area contributed by atoms with Crippen LogP contribution >= 0.6 is 0 Å². The second-order valence-electron chi connectivity index (χ2n) is 5.33. The summed E-state index contributed by atoms with van der Waals surface area (Å²) >= 11 is 0. The first-order valence-corrected chi connectivity index (χ1v) is 5.80. The van der Waals surface area contributed by atoms with Gasteiger partial charge in [0, 0.05) is 26.1 Å². The Hall–Kier alpha value is -0.900. The van der Waals surface area contributed by atoms with Gasteiger partial charge in [-0.15, -0.1) is 0 Å². The van der Waals surface area contributed by atoms with E-state index in [1.54, 1.807) is 4.90 Å². The van der Waals surface area contributed by atoms with Crippen LogP contribution in [0.1, 0.15) is 27.7 Å². The standard InChI is InChI=1S/C12H22N2O2/c1-9(2)10(15)8-14-7-6-13(5)11(16)12(14,3)4/h9H,6-8H2,1-5H3. The molecular weight excluding hydrogens is 204 g/mol. The fraction of sp³-hybridized carbons (Fsp3) is 0.833. The molecule has 0 saturated carbocycles. The van der Waals surface area contributed by atoms with E-state index in [1.807, 2.05) is 39.6 Å². The lowest BCUT2D eigenvalue weighted by molar-refractivity contribution is -0.148. The van der Waals surface area contributed by atoms with Crippen LogP contribution in [0.3, 0.4) is 0 Å². The topological polar surface area (TPSA) is 40.6 Å². The fourth-order valence-electron chi connectivity index (χ4n) is 1.90. The van der Waals surface area contributed by atoms with Crippen LogP contribution < -0.4 is 0 Å². The maximum atomic E-state index is 12.0. The molecule has 0 spiro atoms. The number of hydrogen-bond acceptors (Lipinski definition) is 3. The normalized spacial score (nSPS) is 21.6. The average Bonchev–Trinajstić information content (AvgIpc) is 2.19. The molecule has 0 radical (unpaired) electrons. The van der Waals surface area contributed by atoms with E-state index in [4.69, 9.17) is 0 Å². The minimum absolute atomic E-state index is 0.0329. The van der Waals surface area contributed by atoms with Crippen LogP contribution in [0.25, 0.3) is 0 Å². The predicted octanol–water partition coefficient (Wildman–Crippen LogP) is 0.764. The van der Waals surface area contributed by atoms with Gasteiger partial charge in [0.2, 0.25) is 5.91 Å². The van der Waals surface area contributed by atoms with Gasteiger partial charge in [0.05, 0.1) is 12.1 Å². The van der Waals surface area contributed by atoms with Crippen LogP contribution in [0.4, 0.5) is 0 Å². The Balaban J connectivity index is 2.75. The molecule has 0 N–H and O–H groups in total. The SMILES string of the molecule is CC(C)C(=O)CN1CCN(C)C(=O)C1(C)C. The number of rotatable bonds is 3. The largest absolute Gasteiger partial charge is 0.343 e. The van der Waals surface area contributed by atoms with Crippen LogP contribution in [0.15, 0.2) is 0 Å². The molecule has 0 aromatic carbocycles. The van der Waals surface area contributed by atoms with Gasteiger partial charge in [0.25, 0.3) is 0 Å². The first kappa shape index (κ1) is 13.2. The number of carbonyl (C=O) groups is 2. The van der Waals surface area contributed by atoms with E-state index in [2.05, 4.69) is 0 Å². The van der Waals surface area contributed by atoms with Crippen molar-refractivity contribution in [2.75, 3.05) is 26.7 Å². The fourth-order valence-corrected chi connectivity index (χ4v) is 1.90. The van der Waals surface area contributed by atoms with E-state index in [1.165, 1.54) is 0 Å². The van der Waals surface area contributed by atoms with Crippen LogP contribution in [-0.4, -0.2) is 53.7 Å². The van der Waals surface area contributed by atoms with Crippen molar-refractivity contribution in [3.8, 4) is 0 Å². The first-order valence-electron chi connectivity index (χ1n) is 5.80. The maximum Gasteiger partial charge on any atom is 0.242 e. The number of ketones is 1. The van der Waals surface area contributed by atoms with Gasteiger partial charge < -0.3 is 4.90 Å². The molecule has 1 heterocycles. The highest BCUT2D eigenvalue weighted by molar-refractivity contribution is 5.88. The summed E-state index contributed by atoms with van der Waals surface area (Å²) in [6, 6.07) is 0. The molecule has 1 aliphatic rings. The molecule has 1 amide bonds. The first-order chi connectivity index (χ1) is 7.26. The van der Waals surface area contributed by atoms with E-state index >= 15 is 0 Å². The van der Waals surface area contributed by atoms with E-state index in [0.717, 1.165) is 6.54 Å². The number of likely N-dealkylation sites (N-methyl/N-ethyl adjacent to an activating group) is 1. The van der Waals surface area contributed by atoms with Crippen LogP contribution in [0, 0.1) is 5.92 Å². The average molecular weight is 226 g/mol. The van der Waals surface area contributed by atoms with Gasteiger partial charge in [-0.2, -0.15) is 0 Å². The Morgan fingerprint density at radius 1 is 1.38 bits per heavy atom. The molecule has 0 unspecified atom stereocenters. The van der Waals surface area contributed by atoms with E-state index < -0.39 is 5.54 Å². The smallest absolute Gasteiger partial charge is 0.242 e. The lowest BCUT2D eigenvalue weighted by atomic mass is 9.96. The summed E-state index contributed by atoms with van der Waals surface area (Å²) in [7, 11) is 1.81. The molecule has 0 aliphatic carbocycles. The number of amides is 1. The van der Waals surface area contributed by atoms with E-state index in [-0.39, 0.29) is 17.6 Å². The highest BCUT2D eigenvalue weighted by atomic mass is 16.2. The number of hydrogen-bond donors (Lipinski definition) is 0. The molecule has 92 valence electrons. The molecule has 1 saturated heterocycles. The molecule has 0 aromatic heterocycles. The van der Waals surface area contributed by atoms with Crippen LogP contribution in [0.2, 0.25) is 0 Å². The second-order valence-corrected chi connectivity index (χ2v) is 5.33. The van der Waals surface area contributed by atoms with Gasteiger partial charge in [-0.05, 0) is 13.8 Å². The number of Topliss-reactive ketones (excluding diaryl/α,β-unsaturated/α-hetero) is 1. The summed E-state index contributed by atoms with van der Waals surface area (Å²) in [6.45, 7) is 9.42. The summed E-state index contributed by atoms with van der Waals surface area (Å²) in [5.41, 5.74) is -0.558. The van der Waals surface area contributed by atoms with Crippen molar-refractivity contribution >= 4 is 11.7 Å². The van der Waals surface area contributed by atoms with Crippen molar-refractivity contribution < 1.29 is 9.59 Å². The molecule has 4 nitrogen and oxygen atoms in total. The number of nitrogens with zero attached hydrogens (tertiary/aromatic N) is 2. The molecule has 0 atom stereocenters. The highest BCUT2D eigenvalue weighted by Crippen LogP contribution is 2.21. The summed E-state index contributed by atoms with van der Waals surface area (Å²) in [5.74, 6) is 0.325. The minimum Gasteiger partial charge on any atom is -0.343 e. The zero-order chi connectivity index (χ0) is 12.5. The molecule has 16 heavy (non-hydrogen) atoms. The molecule has 1 rings (SSSR count). The minimum atomic E-state index is -0.558. The molecule has 0 aromatic rings. The summed E-state index contributed by atoms with van der Waals surface area (Å²) in [6.07, 6.45) is 0. The van der Waals surface area contributed by atoms with Crippen molar-refractivity contribution in [2.24, 2.45) is 5.92 Å². The molecule has 1 fully saturated rings. The van der Waals surface area contributed by atoms with Crippen LogP contribution in [0.5, 0.6) is 0 Å². The van der Waals surface area contributed by atoms with E-state index in [9.17, 15) is 9.59 Å². The van der Waals surface area contributed by atoms with Gasteiger partial charge in [-0.1, -0.05) is 13.8 Å². The van der Waals surface area contributed by atoms with Gasteiger partial charge in [0.1, 0.15) is 5.78 Å². The Labute approximate surface area is 97.6 Å². The molecule has 1 aliphatic heterocycles. The summed E-state index contributed by atoms with van der Waals surface area (Å²) in [5, 5.41) is 0. The number of carbonyl (C=O) groups excluding carboxylic acids is 2. The van der Waals surface area contributed by atoms with Gasteiger partial charge in [-0.3, -0.25) is 14.5 Å². The zero-order valence-corrected chi connectivity index (χ0v) is 10.9. The van der Waals surface area contributed by atoms with Gasteiger partial charge >= 0.3 is 0 Å². The summed E-state index contributed by atoms with van der Waals surface area (Å²) in [4.78, 5) is 27.4. The number of piperazine rings is 1. The highest BCUT2D eigenvalue weighted by Gasteiger charge is 2.41. The Bertz CT molecular complexity index is 297. The van der Waals surface area contributed by atoms with Crippen LogP contribution in [-0.2, 0) is 9.59 Å². The Morgan fingerprint density at radius 2 is 1.94 bits per heavy atom. The van der Waals surface area contributed by atoms with Crippen molar-refractivity contribution in [1.82, 2.24) is 9.80 Å². The summed E-state index contributed by atoms with van der Waals surface area (Å²) < 4.78 is 0. The molecular formula is C12H22N2O2. The quantitative estimate of drug-likeness (QED) is 0.713. The van der Waals surface area contributed by atoms with Crippen molar-refractivity contribution in [1.29, 1.82) is 0 Å². The third-order valence-electron chi connectivity index (χ3n) is 3.36. The van der Waals surface area contributed by atoms with Crippen molar-refractivity contribution in [2.45, 2.75) is 33.2 Å². The van der Waals surface area contributed by atoms with Crippen molar-refractivity contribution in [3.63, 3.8) is 0 Å². The molecule has 0 bridgehead atoms. The predicted molar refractivity (Wildman–Crippen MR) is 63.1 cm³/mol. The lowest BCUT2D eigenvalue weighted by Crippen LogP contribution is -2.63. The van der Waals surface area contributed by atoms with Crippen molar-refractivity contribution in [3.05, 3.63) is 0 Å². The maximum absolute atomic E-state index is 12.0.